The van der Waals surface area contributed by atoms with E-state index >= 15 is 0 Å². The van der Waals surface area contributed by atoms with Crippen molar-refractivity contribution < 1.29 is 4.79 Å². The maximum Gasteiger partial charge on any atom is 0.256 e. The first-order valence-corrected chi connectivity index (χ1v) is 6.26. The Balaban J connectivity index is 2.22. The first kappa shape index (κ1) is 13.0. The first-order valence-electron chi connectivity index (χ1n) is 5.43. The van der Waals surface area contributed by atoms with E-state index in [1.165, 1.54) is 0 Å². The number of carbonyl (C=O) groups is 1. The van der Waals surface area contributed by atoms with Crippen LogP contribution in [0.3, 0.4) is 0 Å². The van der Waals surface area contributed by atoms with E-state index in [0.29, 0.717) is 15.5 Å². The van der Waals surface area contributed by atoms with Gasteiger partial charge in [0.25, 0.3) is 5.91 Å². The lowest BCUT2D eigenvalue weighted by Crippen LogP contribution is -2.12. The average Bonchev–Trinajstić information content (AvgIpc) is 2.34. The Kier molecular flexibility index (Phi) is 3.94. The molecule has 0 aromatic heterocycles. The summed E-state index contributed by atoms with van der Waals surface area (Å²) in [6.45, 7) is 1.89. The van der Waals surface area contributed by atoms with Gasteiger partial charge in [-0.25, -0.2) is 0 Å². The normalized spacial score (nSPS) is 10.2. The second-order valence-corrected chi connectivity index (χ2v) is 4.82. The molecule has 0 atom stereocenters. The third-order valence-electron chi connectivity index (χ3n) is 2.56. The minimum Gasteiger partial charge on any atom is -0.322 e. The molecule has 1 amide bonds. The molecule has 18 heavy (non-hydrogen) atoms. The molecule has 0 radical (unpaired) electrons. The molecule has 0 aliphatic rings. The Labute approximate surface area is 116 Å². The van der Waals surface area contributed by atoms with Crippen LogP contribution in [0.15, 0.2) is 47.4 Å². The Morgan fingerprint density at radius 3 is 2.61 bits per heavy atom. The van der Waals surface area contributed by atoms with Crippen molar-refractivity contribution in [3.8, 4) is 0 Å². The molecule has 0 spiro atoms. The highest BCUT2D eigenvalue weighted by Gasteiger charge is 2.09. The maximum absolute atomic E-state index is 12.0. The zero-order chi connectivity index (χ0) is 13.1. The van der Waals surface area contributed by atoms with Crippen molar-refractivity contribution in [3.05, 3.63) is 58.6 Å². The van der Waals surface area contributed by atoms with Crippen LogP contribution in [0.1, 0.15) is 15.9 Å². The number of hydrogen-bond acceptors (Lipinski definition) is 2. The Morgan fingerprint density at radius 2 is 1.94 bits per heavy atom. The van der Waals surface area contributed by atoms with Crippen molar-refractivity contribution in [2.75, 3.05) is 5.32 Å². The van der Waals surface area contributed by atoms with E-state index in [1.54, 1.807) is 24.3 Å². The monoisotopic (exact) mass is 277 g/mol. The van der Waals surface area contributed by atoms with Crippen LogP contribution in [-0.4, -0.2) is 5.91 Å². The van der Waals surface area contributed by atoms with Gasteiger partial charge in [0.2, 0.25) is 0 Å². The second-order valence-electron chi connectivity index (χ2n) is 3.94. The summed E-state index contributed by atoms with van der Waals surface area (Å²) in [6.07, 6.45) is 0. The third kappa shape index (κ3) is 2.86. The minimum atomic E-state index is -0.178. The molecular weight excluding hydrogens is 266 g/mol. The molecule has 0 aliphatic carbocycles. The van der Waals surface area contributed by atoms with Gasteiger partial charge in [0, 0.05) is 15.6 Å². The smallest absolute Gasteiger partial charge is 0.256 e. The maximum atomic E-state index is 12.0. The standard InChI is InChI=1S/C14H12ClNOS/c1-9-8-10(6-7-12(9)15)16-14(17)11-4-2-3-5-13(11)18/h2-8,18H,1H3,(H,16,17). The largest absolute Gasteiger partial charge is 0.322 e. The molecule has 2 nitrogen and oxygen atoms in total. The predicted molar refractivity (Wildman–Crippen MR) is 77.8 cm³/mol. The molecule has 1 N–H and O–H groups in total. The lowest BCUT2D eigenvalue weighted by atomic mass is 10.2. The minimum absolute atomic E-state index is 0.178. The first-order chi connectivity index (χ1) is 8.58. The highest BCUT2D eigenvalue weighted by atomic mass is 35.5. The van der Waals surface area contributed by atoms with Crippen molar-refractivity contribution in [3.63, 3.8) is 0 Å². The van der Waals surface area contributed by atoms with Crippen LogP contribution >= 0.6 is 24.2 Å². The topological polar surface area (TPSA) is 29.1 Å². The quantitative estimate of drug-likeness (QED) is 0.792. The molecule has 0 saturated carbocycles. The summed E-state index contributed by atoms with van der Waals surface area (Å²) in [6, 6.07) is 12.5. The number of amides is 1. The molecule has 0 saturated heterocycles. The molecule has 0 unspecified atom stereocenters. The van der Waals surface area contributed by atoms with Crippen LogP contribution in [0.2, 0.25) is 5.02 Å². The second kappa shape index (κ2) is 5.46. The number of benzene rings is 2. The van der Waals surface area contributed by atoms with E-state index in [2.05, 4.69) is 17.9 Å². The van der Waals surface area contributed by atoms with E-state index in [9.17, 15) is 4.79 Å². The molecule has 2 rings (SSSR count). The summed E-state index contributed by atoms with van der Waals surface area (Å²) in [5.74, 6) is -0.178. The summed E-state index contributed by atoms with van der Waals surface area (Å²) >= 11 is 10.2. The Morgan fingerprint density at radius 1 is 1.22 bits per heavy atom. The number of carbonyl (C=O) groups excluding carboxylic acids is 1. The number of thiol groups is 1. The fourth-order valence-corrected chi connectivity index (χ4v) is 1.97. The van der Waals surface area contributed by atoms with E-state index < -0.39 is 0 Å². The summed E-state index contributed by atoms with van der Waals surface area (Å²) in [4.78, 5) is 12.7. The van der Waals surface area contributed by atoms with Crippen LogP contribution in [-0.2, 0) is 0 Å². The van der Waals surface area contributed by atoms with Gasteiger partial charge in [-0.15, -0.1) is 12.6 Å². The van der Waals surface area contributed by atoms with Crippen molar-refractivity contribution in [2.45, 2.75) is 11.8 Å². The Hall–Kier alpha value is -1.45. The van der Waals surface area contributed by atoms with Gasteiger partial charge in [-0.05, 0) is 42.8 Å². The van der Waals surface area contributed by atoms with Crippen LogP contribution in [0.5, 0.6) is 0 Å². The van der Waals surface area contributed by atoms with Gasteiger partial charge in [-0.1, -0.05) is 23.7 Å². The summed E-state index contributed by atoms with van der Waals surface area (Å²) < 4.78 is 0. The number of aryl methyl sites for hydroxylation is 1. The van der Waals surface area contributed by atoms with Gasteiger partial charge in [0.1, 0.15) is 0 Å². The highest BCUT2D eigenvalue weighted by molar-refractivity contribution is 7.80. The fourth-order valence-electron chi connectivity index (χ4n) is 1.59. The molecule has 0 bridgehead atoms. The summed E-state index contributed by atoms with van der Waals surface area (Å²) in [7, 11) is 0. The van der Waals surface area contributed by atoms with Crippen molar-refractivity contribution in [2.24, 2.45) is 0 Å². The van der Waals surface area contributed by atoms with E-state index in [0.717, 1.165) is 11.3 Å². The molecule has 0 aliphatic heterocycles. The zero-order valence-electron chi connectivity index (χ0n) is 9.77. The summed E-state index contributed by atoms with van der Waals surface area (Å²) in [5.41, 5.74) is 2.19. The average molecular weight is 278 g/mol. The number of rotatable bonds is 2. The van der Waals surface area contributed by atoms with E-state index in [1.807, 2.05) is 25.1 Å². The van der Waals surface area contributed by atoms with Crippen LogP contribution in [0.25, 0.3) is 0 Å². The zero-order valence-corrected chi connectivity index (χ0v) is 11.4. The van der Waals surface area contributed by atoms with Crippen molar-refractivity contribution in [1.82, 2.24) is 0 Å². The van der Waals surface area contributed by atoms with Crippen molar-refractivity contribution >= 4 is 35.8 Å². The highest BCUT2D eigenvalue weighted by Crippen LogP contribution is 2.21. The van der Waals surface area contributed by atoms with Gasteiger partial charge in [0.15, 0.2) is 0 Å². The molecular formula is C14H12ClNOS. The van der Waals surface area contributed by atoms with Gasteiger partial charge in [0.05, 0.1) is 5.56 Å². The number of hydrogen-bond donors (Lipinski definition) is 2. The van der Waals surface area contributed by atoms with Crippen LogP contribution in [0.4, 0.5) is 5.69 Å². The predicted octanol–water partition coefficient (Wildman–Crippen LogP) is 4.19. The molecule has 2 aromatic rings. The SMILES string of the molecule is Cc1cc(NC(=O)c2ccccc2S)ccc1Cl. The molecule has 0 fully saturated rings. The van der Waals surface area contributed by atoms with E-state index in [-0.39, 0.29) is 5.91 Å². The Bertz CT molecular complexity index is 598. The fraction of sp³-hybridized carbons (Fsp3) is 0.0714. The lowest BCUT2D eigenvalue weighted by molar-refractivity contribution is 0.102. The van der Waals surface area contributed by atoms with Crippen molar-refractivity contribution in [1.29, 1.82) is 0 Å². The lowest BCUT2D eigenvalue weighted by Gasteiger charge is -2.08. The van der Waals surface area contributed by atoms with Gasteiger partial charge in [-0.3, -0.25) is 4.79 Å². The van der Waals surface area contributed by atoms with Gasteiger partial charge < -0.3 is 5.32 Å². The molecule has 92 valence electrons. The van der Waals surface area contributed by atoms with Gasteiger partial charge >= 0.3 is 0 Å². The number of anilines is 1. The van der Waals surface area contributed by atoms with Gasteiger partial charge in [-0.2, -0.15) is 0 Å². The third-order valence-corrected chi connectivity index (χ3v) is 3.38. The van der Waals surface area contributed by atoms with Crippen LogP contribution < -0.4 is 5.32 Å². The molecule has 2 aromatic carbocycles. The molecule has 0 heterocycles. The summed E-state index contributed by atoms with van der Waals surface area (Å²) in [5, 5.41) is 3.50. The number of nitrogens with one attached hydrogen (secondary N) is 1. The number of halogens is 1. The molecule has 4 heteroatoms. The van der Waals surface area contributed by atoms with Crippen LogP contribution in [0, 0.1) is 6.92 Å². The van der Waals surface area contributed by atoms with E-state index in [4.69, 9.17) is 11.6 Å².